The molecule has 2 amide bonds. The molecule has 3 aromatic carbocycles. The summed E-state index contributed by atoms with van der Waals surface area (Å²) in [6, 6.07) is 18.0. The van der Waals surface area contributed by atoms with Gasteiger partial charge in [-0.25, -0.2) is 8.42 Å². The Morgan fingerprint density at radius 2 is 1.63 bits per heavy atom. The summed E-state index contributed by atoms with van der Waals surface area (Å²) in [5, 5.41) is 5.52. The molecule has 0 radical (unpaired) electrons. The SMILES string of the molecule is COCCCNC(=O)c1ccccc1NC(=O)c1ccc(C)c(S(=O)(=O)Nc2ccc(C)cc2)c1. The molecule has 9 heteroatoms. The van der Waals surface area contributed by atoms with E-state index in [1.807, 2.05) is 6.92 Å². The van der Waals surface area contributed by atoms with Crippen molar-refractivity contribution >= 4 is 33.2 Å². The van der Waals surface area contributed by atoms with Gasteiger partial charge in [-0.2, -0.15) is 0 Å². The molecule has 0 saturated carbocycles. The number of amides is 2. The molecule has 0 aliphatic carbocycles. The van der Waals surface area contributed by atoms with Gasteiger partial charge in [0.05, 0.1) is 16.1 Å². The first-order valence-corrected chi connectivity index (χ1v) is 12.6. The number of rotatable bonds is 10. The Labute approximate surface area is 205 Å². The summed E-state index contributed by atoms with van der Waals surface area (Å²) in [5.74, 6) is -0.858. The predicted octanol–water partition coefficient (Wildman–Crippen LogP) is 4.12. The van der Waals surface area contributed by atoms with Crippen LogP contribution >= 0.6 is 0 Å². The lowest BCUT2D eigenvalue weighted by Gasteiger charge is -2.14. The topological polar surface area (TPSA) is 114 Å². The monoisotopic (exact) mass is 495 g/mol. The first kappa shape index (κ1) is 25.9. The average Bonchev–Trinajstić information content (AvgIpc) is 2.83. The number of anilines is 2. The van der Waals surface area contributed by atoms with Gasteiger partial charge in [0.15, 0.2) is 0 Å². The molecule has 3 aromatic rings. The van der Waals surface area contributed by atoms with Crippen LogP contribution in [-0.2, 0) is 14.8 Å². The number of carbonyl (C=O) groups is 2. The zero-order valence-corrected chi connectivity index (χ0v) is 20.7. The highest BCUT2D eigenvalue weighted by Crippen LogP contribution is 2.23. The molecule has 8 nitrogen and oxygen atoms in total. The highest BCUT2D eigenvalue weighted by molar-refractivity contribution is 7.92. The number of ether oxygens (including phenoxy) is 1. The second-order valence-corrected chi connectivity index (χ2v) is 9.70. The molecular weight excluding hydrogens is 466 g/mol. The van der Waals surface area contributed by atoms with E-state index in [9.17, 15) is 18.0 Å². The zero-order valence-electron chi connectivity index (χ0n) is 19.9. The molecule has 0 aliphatic heterocycles. The molecule has 0 aromatic heterocycles. The number of nitrogens with one attached hydrogen (secondary N) is 3. The summed E-state index contributed by atoms with van der Waals surface area (Å²) >= 11 is 0. The summed E-state index contributed by atoms with van der Waals surface area (Å²) in [5.41, 5.74) is 2.71. The van der Waals surface area contributed by atoms with Crippen LogP contribution in [0.2, 0.25) is 0 Å². The summed E-state index contributed by atoms with van der Waals surface area (Å²) in [7, 11) is -2.34. The van der Waals surface area contributed by atoms with E-state index >= 15 is 0 Å². The summed E-state index contributed by atoms with van der Waals surface area (Å²) in [6.07, 6.45) is 0.661. The Morgan fingerprint density at radius 3 is 2.34 bits per heavy atom. The third-order valence-corrected chi connectivity index (χ3v) is 6.80. The largest absolute Gasteiger partial charge is 0.385 e. The number of para-hydroxylation sites is 1. The van der Waals surface area contributed by atoms with Crippen LogP contribution in [0.25, 0.3) is 0 Å². The van der Waals surface area contributed by atoms with Crippen LogP contribution in [0.3, 0.4) is 0 Å². The van der Waals surface area contributed by atoms with Gasteiger partial charge in [0.2, 0.25) is 0 Å². The van der Waals surface area contributed by atoms with Gasteiger partial charge in [-0.05, 0) is 62.2 Å². The fraction of sp³-hybridized carbons (Fsp3) is 0.231. The minimum Gasteiger partial charge on any atom is -0.385 e. The Kier molecular flexibility index (Phi) is 8.62. The molecule has 0 atom stereocenters. The standard InChI is InChI=1S/C26H29N3O5S/c1-18-9-13-21(14-10-18)29-35(32,33)24-17-20(12-11-19(24)2)25(30)28-23-8-5-4-7-22(23)26(31)27-15-6-16-34-3/h4-5,7-14,17,29H,6,15-16H2,1-3H3,(H,27,31)(H,28,30). The number of aryl methyl sites for hydroxylation is 2. The number of benzene rings is 3. The van der Waals surface area contributed by atoms with E-state index in [0.717, 1.165) is 5.56 Å². The minimum atomic E-state index is -3.93. The highest BCUT2D eigenvalue weighted by atomic mass is 32.2. The van der Waals surface area contributed by atoms with Gasteiger partial charge in [-0.1, -0.05) is 35.9 Å². The maximum Gasteiger partial charge on any atom is 0.262 e. The molecule has 0 aliphatic rings. The van der Waals surface area contributed by atoms with E-state index in [0.29, 0.717) is 42.1 Å². The zero-order chi connectivity index (χ0) is 25.4. The molecule has 3 N–H and O–H groups in total. The van der Waals surface area contributed by atoms with Gasteiger partial charge in [-0.15, -0.1) is 0 Å². The van der Waals surface area contributed by atoms with Crippen LogP contribution in [-0.4, -0.2) is 40.5 Å². The van der Waals surface area contributed by atoms with Crippen molar-refractivity contribution in [2.45, 2.75) is 25.2 Å². The fourth-order valence-electron chi connectivity index (χ4n) is 3.36. The van der Waals surface area contributed by atoms with Crippen molar-refractivity contribution in [2.24, 2.45) is 0 Å². The first-order chi connectivity index (χ1) is 16.7. The van der Waals surface area contributed by atoms with Crippen molar-refractivity contribution < 1.29 is 22.7 Å². The second-order valence-electron chi connectivity index (χ2n) is 8.05. The molecule has 0 spiro atoms. The second kappa shape index (κ2) is 11.6. The van der Waals surface area contributed by atoms with Gasteiger partial charge in [0.25, 0.3) is 21.8 Å². The Bertz CT molecular complexity index is 1300. The lowest BCUT2D eigenvalue weighted by molar-refractivity contribution is 0.0949. The number of carbonyl (C=O) groups excluding carboxylic acids is 2. The normalized spacial score (nSPS) is 11.1. The molecule has 0 unspecified atom stereocenters. The molecular formula is C26H29N3O5S. The summed E-state index contributed by atoms with van der Waals surface area (Å²) in [6.45, 7) is 4.53. The van der Waals surface area contributed by atoms with Crippen molar-refractivity contribution in [3.63, 3.8) is 0 Å². The molecule has 0 saturated heterocycles. The van der Waals surface area contributed by atoms with Gasteiger partial charge in [0, 0.05) is 31.5 Å². The quantitative estimate of drug-likeness (QED) is 0.366. The third-order valence-electron chi connectivity index (χ3n) is 5.27. The lowest BCUT2D eigenvalue weighted by Crippen LogP contribution is -2.26. The number of methoxy groups -OCH3 is 1. The maximum absolute atomic E-state index is 13.0. The Hall–Kier alpha value is -3.69. The smallest absolute Gasteiger partial charge is 0.262 e. The molecule has 0 heterocycles. The lowest BCUT2D eigenvalue weighted by atomic mass is 10.1. The molecule has 184 valence electrons. The Balaban J connectivity index is 1.80. The van der Waals surface area contributed by atoms with Crippen LogP contribution in [0, 0.1) is 13.8 Å². The third kappa shape index (κ3) is 6.91. The van der Waals surface area contributed by atoms with Gasteiger partial charge in [-0.3, -0.25) is 14.3 Å². The van der Waals surface area contributed by atoms with E-state index in [-0.39, 0.29) is 16.4 Å². The van der Waals surface area contributed by atoms with Gasteiger partial charge in [0.1, 0.15) is 0 Å². The van der Waals surface area contributed by atoms with E-state index in [2.05, 4.69) is 15.4 Å². The van der Waals surface area contributed by atoms with Crippen molar-refractivity contribution in [3.8, 4) is 0 Å². The van der Waals surface area contributed by atoms with Crippen LogP contribution < -0.4 is 15.4 Å². The van der Waals surface area contributed by atoms with Crippen LogP contribution in [0.5, 0.6) is 0 Å². The van der Waals surface area contributed by atoms with Crippen molar-refractivity contribution in [1.29, 1.82) is 0 Å². The first-order valence-electron chi connectivity index (χ1n) is 11.1. The van der Waals surface area contributed by atoms with Gasteiger partial charge >= 0.3 is 0 Å². The fourth-order valence-corrected chi connectivity index (χ4v) is 4.69. The van der Waals surface area contributed by atoms with Crippen molar-refractivity contribution in [1.82, 2.24) is 5.32 Å². The van der Waals surface area contributed by atoms with Crippen molar-refractivity contribution in [3.05, 3.63) is 89.0 Å². The maximum atomic E-state index is 13.0. The number of hydrogen-bond donors (Lipinski definition) is 3. The molecule has 3 rings (SSSR count). The molecule has 35 heavy (non-hydrogen) atoms. The van der Waals surface area contributed by atoms with E-state index < -0.39 is 15.9 Å². The van der Waals surface area contributed by atoms with Crippen LogP contribution in [0.15, 0.2) is 71.6 Å². The average molecular weight is 496 g/mol. The van der Waals surface area contributed by atoms with E-state index in [1.165, 1.54) is 6.07 Å². The predicted molar refractivity (Wildman–Crippen MR) is 136 cm³/mol. The van der Waals surface area contributed by atoms with Crippen LogP contribution in [0.4, 0.5) is 11.4 Å². The Morgan fingerprint density at radius 1 is 0.914 bits per heavy atom. The summed E-state index contributed by atoms with van der Waals surface area (Å²) in [4.78, 5) is 25.6. The minimum absolute atomic E-state index is 0.00473. The number of hydrogen-bond acceptors (Lipinski definition) is 5. The van der Waals surface area contributed by atoms with Crippen molar-refractivity contribution in [2.75, 3.05) is 30.3 Å². The molecule has 0 bridgehead atoms. The number of sulfonamides is 1. The highest BCUT2D eigenvalue weighted by Gasteiger charge is 2.20. The van der Waals surface area contributed by atoms with Crippen LogP contribution in [0.1, 0.15) is 38.3 Å². The molecule has 0 fully saturated rings. The van der Waals surface area contributed by atoms with E-state index in [4.69, 9.17) is 4.74 Å². The van der Waals surface area contributed by atoms with Gasteiger partial charge < -0.3 is 15.4 Å². The van der Waals surface area contributed by atoms with E-state index in [1.54, 1.807) is 74.7 Å². The summed E-state index contributed by atoms with van der Waals surface area (Å²) < 4.78 is 33.6.